The molecule has 0 fully saturated rings. The Hall–Kier alpha value is -2.89. The predicted molar refractivity (Wildman–Crippen MR) is 82.6 cm³/mol. The molecule has 3 N–H and O–H groups in total. The summed E-state index contributed by atoms with van der Waals surface area (Å²) < 4.78 is 0. The van der Waals surface area contributed by atoms with Crippen molar-refractivity contribution in [1.29, 1.82) is 0 Å². The number of rotatable bonds is 4. The van der Waals surface area contributed by atoms with E-state index in [4.69, 9.17) is 0 Å². The normalized spacial score (nSPS) is 9.81. The molecule has 0 saturated carbocycles. The van der Waals surface area contributed by atoms with Crippen LogP contribution in [-0.2, 0) is 9.59 Å². The van der Waals surface area contributed by atoms with Crippen LogP contribution in [0, 0.1) is 0 Å². The molecule has 2 rings (SSSR count). The first-order chi connectivity index (χ1) is 10.0. The Kier molecular flexibility index (Phi) is 4.50. The van der Waals surface area contributed by atoms with E-state index in [1.165, 1.54) is 13.8 Å². The Labute approximate surface area is 122 Å². The minimum atomic E-state index is -0.133. The molecular weight excluding hydrogens is 268 g/mol. The third-order valence-electron chi connectivity index (χ3n) is 2.56. The van der Waals surface area contributed by atoms with Crippen LogP contribution in [0.25, 0.3) is 0 Å². The standard InChI is InChI=1S/C15H16N4O2/c1-10(20)17-12-3-5-13(6-4-12)19-15-8-7-14(9-16-15)18-11(2)21/h3-9H,1-2H3,(H,16,19)(H,17,20)(H,18,21). The quantitative estimate of drug-likeness (QED) is 0.806. The first-order valence-electron chi connectivity index (χ1n) is 6.41. The fraction of sp³-hybridized carbons (Fsp3) is 0.133. The lowest BCUT2D eigenvalue weighted by Gasteiger charge is -2.08. The molecule has 0 aliphatic heterocycles. The fourth-order valence-electron chi connectivity index (χ4n) is 1.73. The van der Waals surface area contributed by atoms with Crippen molar-refractivity contribution < 1.29 is 9.59 Å². The number of nitrogens with one attached hydrogen (secondary N) is 3. The molecule has 0 spiro atoms. The molecule has 0 bridgehead atoms. The number of aromatic nitrogens is 1. The zero-order valence-electron chi connectivity index (χ0n) is 11.8. The largest absolute Gasteiger partial charge is 0.340 e. The van der Waals surface area contributed by atoms with Crippen molar-refractivity contribution in [3.05, 3.63) is 42.6 Å². The summed E-state index contributed by atoms with van der Waals surface area (Å²) in [6.45, 7) is 2.91. The maximum atomic E-state index is 10.9. The van der Waals surface area contributed by atoms with E-state index in [-0.39, 0.29) is 11.8 Å². The van der Waals surface area contributed by atoms with Crippen molar-refractivity contribution >= 4 is 34.7 Å². The highest BCUT2D eigenvalue weighted by Crippen LogP contribution is 2.18. The van der Waals surface area contributed by atoms with Crippen LogP contribution in [0.1, 0.15) is 13.8 Å². The van der Waals surface area contributed by atoms with Gasteiger partial charge in [0.05, 0.1) is 11.9 Å². The number of carbonyl (C=O) groups excluding carboxylic acids is 2. The minimum absolute atomic E-state index is 0.106. The van der Waals surface area contributed by atoms with Crippen LogP contribution >= 0.6 is 0 Å². The van der Waals surface area contributed by atoms with Crippen molar-refractivity contribution in [3.8, 4) is 0 Å². The predicted octanol–water partition coefficient (Wildman–Crippen LogP) is 2.74. The zero-order chi connectivity index (χ0) is 15.2. The van der Waals surface area contributed by atoms with E-state index in [1.807, 2.05) is 12.1 Å². The Balaban J connectivity index is 2.01. The molecule has 2 aromatic rings. The van der Waals surface area contributed by atoms with Crippen LogP contribution in [-0.4, -0.2) is 16.8 Å². The smallest absolute Gasteiger partial charge is 0.221 e. The van der Waals surface area contributed by atoms with Crippen LogP contribution < -0.4 is 16.0 Å². The SMILES string of the molecule is CC(=O)Nc1ccc(Nc2ccc(NC(C)=O)cn2)cc1. The molecule has 1 aromatic heterocycles. The van der Waals surface area contributed by atoms with Crippen molar-refractivity contribution in [2.75, 3.05) is 16.0 Å². The van der Waals surface area contributed by atoms with E-state index in [0.717, 1.165) is 11.4 Å². The van der Waals surface area contributed by atoms with Gasteiger partial charge in [0.1, 0.15) is 5.82 Å². The maximum Gasteiger partial charge on any atom is 0.221 e. The molecule has 0 unspecified atom stereocenters. The van der Waals surface area contributed by atoms with Crippen molar-refractivity contribution in [2.24, 2.45) is 0 Å². The number of anilines is 4. The average Bonchev–Trinajstić information content (AvgIpc) is 2.42. The number of amides is 2. The van der Waals surface area contributed by atoms with Gasteiger partial charge in [0, 0.05) is 25.2 Å². The van der Waals surface area contributed by atoms with E-state index in [1.54, 1.807) is 30.5 Å². The van der Waals surface area contributed by atoms with Crippen LogP contribution in [0.2, 0.25) is 0 Å². The first-order valence-corrected chi connectivity index (χ1v) is 6.41. The number of hydrogen-bond donors (Lipinski definition) is 3. The van der Waals surface area contributed by atoms with E-state index in [0.29, 0.717) is 11.5 Å². The van der Waals surface area contributed by atoms with Gasteiger partial charge in [-0.2, -0.15) is 0 Å². The van der Waals surface area contributed by atoms with Gasteiger partial charge in [0.15, 0.2) is 0 Å². The molecule has 0 radical (unpaired) electrons. The molecule has 1 heterocycles. The van der Waals surface area contributed by atoms with E-state index < -0.39 is 0 Å². The minimum Gasteiger partial charge on any atom is -0.340 e. The molecule has 6 nitrogen and oxygen atoms in total. The number of benzene rings is 1. The number of pyridine rings is 1. The molecule has 2 amide bonds. The van der Waals surface area contributed by atoms with Crippen molar-refractivity contribution in [3.63, 3.8) is 0 Å². The lowest BCUT2D eigenvalue weighted by molar-refractivity contribution is -0.115. The molecule has 6 heteroatoms. The third kappa shape index (κ3) is 4.61. The monoisotopic (exact) mass is 284 g/mol. The summed E-state index contributed by atoms with van der Waals surface area (Å²) in [5, 5.41) is 8.48. The summed E-state index contributed by atoms with van der Waals surface area (Å²) in [4.78, 5) is 26.0. The van der Waals surface area contributed by atoms with Gasteiger partial charge in [-0.05, 0) is 36.4 Å². The molecule has 1 aromatic carbocycles. The maximum absolute atomic E-state index is 10.9. The fourth-order valence-corrected chi connectivity index (χ4v) is 1.73. The molecule has 108 valence electrons. The molecule has 0 aliphatic carbocycles. The average molecular weight is 284 g/mol. The lowest BCUT2D eigenvalue weighted by Crippen LogP contribution is -2.06. The van der Waals surface area contributed by atoms with Gasteiger partial charge in [-0.15, -0.1) is 0 Å². The molecule has 0 atom stereocenters. The van der Waals surface area contributed by atoms with Crippen LogP contribution in [0.4, 0.5) is 22.9 Å². The van der Waals surface area contributed by atoms with E-state index in [9.17, 15) is 9.59 Å². The van der Waals surface area contributed by atoms with Gasteiger partial charge in [-0.1, -0.05) is 0 Å². The summed E-state index contributed by atoms with van der Waals surface area (Å²) in [5.74, 6) is 0.424. The van der Waals surface area contributed by atoms with Crippen LogP contribution in [0.3, 0.4) is 0 Å². The van der Waals surface area contributed by atoms with Crippen LogP contribution in [0.5, 0.6) is 0 Å². The van der Waals surface area contributed by atoms with E-state index >= 15 is 0 Å². The Morgan fingerprint density at radius 1 is 0.810 bits per heavy atom. The van der Waals surface area contributed by atoms with Gasteiger partial charge in [0.25, 0.3) is 0 Å². The highest BCUT2D eigenvalue weighted by Gasteiger charge is 2.00. The zero-order valence-corrected chi connectivity index (χ0v) is 11.8. The summed E-state index contributed by atoms with van der Waals surface area (Å²) in [5.41, 5.74) is 2.24. The highest BCUT2D eigenvalue weighted by atomic mass is 16.2. The van der Waals surface area contributed by atoms with Crippen molar-refractivity contribution in [1.82, 2.24) is 4.98 Å². The van der Waals surface area contributed by atoms with E-state index in [2.05, 4.69) is 20.9 Å². The third-order valence-corrected chi connectivity index (χ3v) is 2.56. The summed E-state index contributed by atoms with van der Waals surface area (Å²) in [6, 6.07) is 10.8. The van der Waals surface area contributed by atoms with Gasteiger partial charge >= 0.3 is 0 Å². The molecule has 21 heavy (non-hydrogen) atoms. The first kappa shape index (κ1) is 14.5. The van der Waals surface area contributed by atoms with Gasteiger partial charge in [-0.3, -0.25) is 9.59 Å². The lowest BCUT2D eigenvalue weighted by atomic mass is 10.2. The Bertz CT molecular complexity index is 578. The second kappa shape index (κ2) is 6.51. The second-order valence-corrected chi connectivity index (χ2v) is 4.50. The summed E-state index contributed by atoms with van der Waals surface area (Å²) in [6.07, 6.45) is 1.58. The summed E-state index contributed by atoms with van der Waals surface area (Å²) in [7, 11) is 0. The van der Waals surface area contributed by atoms with Crippen molar-refractivity contribution in [2.45, 2.75) is 13.8 Å². The molecule has 0 aliphatic rings. The van der Waals surface area contributed by atoms with Gasteiger partial charge in [0.2, 0.25) is 11.8 Å². The number of nitrogens with zero attached hydrogens (tertiary/aromatic N) is 1. The molecule has 0 saturated heterocycles. The topological polar surface area (TPSA) is 83.1 Å². The number of carbonyl (C=O) groups is 2. The van der Waals surface area contributed by atoms with Gasteiger partial charge < -0.3 is 16.0 Å². The molecular formula is C15H16N4O2. The van der Waals surface area contributed by atoms with Gasteiger partial charge in [-0.25, -0.2) is 4.98 Å². The highest BCUT2D eigenvalue weighted by molar-refractivity contribution is 5.89. The van der Waals surface area contributed by atoms with Crippen LogP contribution in [0.15, 0.2) is 42.6 Å². The summed E-state index contributed by atoms with van der Waals surface area (Å²) >= 11 is 0. The number of hydrogen-bond acceptors (Lipinski definition) is 4. The Morgan fingerprint density at radius 3 is 1.86 bits per heavy atom. The second-order valence-electron chi connectivity index (χ2n) is 4.50. The Morgan fingerprint density at radius 2 is 1.33 bits per heavy atom.